The first kappa shape index (κ1) is 16.1. The third-order valence-electron chi connectivity index (χ3n) is 4.55. The Labute approximate surface area is 136 Å². The van der Waals surface area contributed by atoms with Gasteiger partial charge in [-0.3, -0.25) is 0 Å². The zero-order valence-corrected chi connectivity index (χ0v) is 13.9. The van der Waals surface area contributed by atoms with Crippen LogP contribution in [0.4, 0.5) is 4.79 Å². The summed E-state index contributed by atoms with van der Waals surface area (Å²) in [6.45, 7) is 8.08. The highest BCUT2D eigenvalue weighted by Crippen LogP contribution is 2.34. The summed E-state index contributed by atoms with van der Waals surface area (Å²) in [5.74, 6) is 0.702. The number of urea groups is 1. The quantitative estimate of drug-likeness (QED) is 0.888. The molecule has 1 aromatic rings. The van der Waals surface area contributed by atoms with Crippen LogP contribution < -0.4 is 5.32 Å². The van der Waals surface area contributed by atoms with Crippen LogP contribution in [0.25, 0.3) is 0 Å². The van der Waals surface area contributed by atoms with E-state index in [2.05, 4.69) is 15.3 Å². The number of rotatable bonds is 2. The maximum absolute atomic E-state index is 12.5. The zero-order chi connectivity index (χ0) is 16.4. The van der Waals surface area contributed by atoms with E-state index in [-0.39, 0.29) is 23.8 Å². The number of aromatic nitrogens is 2. The summed E-state index contributed by atoms with van der Waals surface area (Å²) >= 11 is 0. The highest BCUT2D eigenvalue weighted by atomic mass is 16.6. The zero-order valence-electron chi connectivity index (χ0n) is 13.9. The molecular formula is C16H24N4O3. The lowest BCUT2D eigenvalue weighted by Crippen LogP contribution is -2.60. The Kier molecular flexibility index (Phi) is 4.50. The Bertz CT molecular complexity index is 582. The van der Waals surface area contributed by atoms with Crippen LogP contribution in [0.15, 0.2) is 12.3 Å². The molecule has 3 heterocycles. The first-order valence-electron chi connectivity index (χ1n) is 8.09. The topological polar surface area (TPSA) is 76.6 Å². The molecule has 0 saturated carbocycles. The number of morpholine rings is 1. The Balaban J connectivity index is 1.62. The molecule has 2 fully saturated rings. The van der Waals surface area contributed by atoms with E-state index >= 15 is 0 Å². The van der Waals surface area contributed by atoms with Crippen molar-refractivity contribution >= 4 is 6.03 Å². The normalized spacial score (nSPS) is 30.7. The summed E-state index contributed by atoms with van der Waals surface area (Å²) in [5.41, 5.74) is 0.431. The molecule has 1 spiro atoms. The van der Waals surface area contributed by atoms with Crippen molar-refractivity contribution in [2.45, 2.75) is 51.5 Å². The number of hydrogen-bond acceptors (Lipinski definition) is 5. The Morgan fingerprint density at radius 1 is 1.52 bits per heavy atom. The van der Waals surface area contributed by atoms with Crippen LogP contribution in [-0.4, -0.2) is 58.4 Å². The van der Waals surface area contributed by atoms with E-state index in [1.54, 1.807) is 6.20 Å². The van der Waals surface area contributed by atoms with Crippen LogP contribution in [0.3, 0.4) is 0 Å². The number of ether oxygens (including phenoxy) is 2. The first-order chi connectivity index (χ1) is 11.0. The molecule has 126 valence electrons. The van der Waals surface area contributed by atoms with Crippen molar-refractivity contribution in [3.8, 4) is 0 Å². The number of aryl methyl sites for hydroxylation is 1. The third-order valence-corrected chi connectivity index (χ3v) is 4.55. The third kappa shape index (κ3) is 3.45. The predicted molar refractivity (Wildman–Crippen MR) is 83.9 cm³/mol. The average molecular weight is 320 g/mol. The van der Waals surface area contributed by atoms with E-state index in [0.717, 1.165) is 12.1 Å². The molecule has 0 radical (unpaired) electrons. The van der Waals surface area contributed by atoms with Gasteiger partial charge in [-0.25, -0.2) is 14.8 Å². The summed E-state index contributed by atoms with van der Waals surface area (Å²) in [7, 11) is 0. The predicted octanol–water partition coefficient (Wildman–Crippen LogP) is 1.26. The van der Waals surface area contributed by atoms with Crippen LogP contribution in [0.1, 0.15) is 31.8 Å². The molecule has 2 saturated heterocycles. The van der Waals surface area contributed by atoms with E-state index < -0.39 is 0 Å². The minimum absolute atomic E-state index is 0.0000512. The first-order valence-corrected chi connectivity index (χ1v) is 8.09. The van der Waals surface area contributed by atoms with Gasteiger partial charge in [-0.1, -0.05) is 0 Å². The van der Waals surface area contributed by atoms with Gasteiger partial charge in [0.1, 0.15) is 11.4 Å². The molecule has 7 heteroatoms. The van der Waals surface area contributed by atoms with Gasteiger partial charge >= 0.3 is 6.03 Å². The number of carbonyl (C=O) groups is 1. The minimum Gasteiger partial charge on any atom is -0.375 e. The highest BCUT2D eigenvalue weighted by Gasteiger charge is 2.48. The maximum Gasteiger partial charge on any atom is 0.317 e. The van der Waals surface area contributed by atoms with Crippen LogP contribution in [0, 0.1) is 6.92 Å². The summed E-state index contributed by atoms with van der Waals surface area (Å²) in [6, 6.07) is 1.72. The summed E-state index contributed by atoms with van der Waals surface area (Å²) in [5, 5.41) is 2.94. The molecule has 1 aromatic heterocycles. The smallest absolute Gasteiger partial charge is 0.317 e. The lowest BCUT2D eigenvalue weighted by Gasteiger charge is -2.44. The van der Waals surface area contributed by atoms with E-state index in [9.17, 15) is 4.79 Å². The molecule has 0 aromatic carbocycles. The number of nitrogens with one attached hydrogen (secondary N) is 1. The Hall–Kier alpha value is -1.73. The molecule has 0 bridgehead atoms. The van der Waals surface area contributed by atoms with Crippen LogP contribution in [-0.2, 0) is 16.0 Å². The SMILES string of the molecule is Cc1nccc(CNC(=O)N2CC(C)OC3(CCOC3C)C2)n1. The van der Waals surface area contributed by atoms with Crippen molar-refractivity contribution < 1.29 is 14.3 Å². The second kappa shape index (κ2) is 6.41. The van der Waals surface area contributed by atoms with Gasteiger partial charge in [-0.05, 0) is 26.8 Å². The highest BCUT2D eigenvalue weighted by molar-refractivity contribution is 5.74. The minimum atomic E-state index is -0.374. The van der Waals surface area contributed by atoms with Gasteiger partial charge in [0.25, 0.3) is 0 Å². The molecule has 2 aliphatic rings. The second-order valence-corrected chi connectivity index (χ2v) is 6.39. The summed E-state index contributed by atoms with van der Waals surface area (Å²) in [6.07, 6.45) is 2.53. The molecule has 2 amide bonds. The van der Waals surface area contributed by atoms with Gasteiger partial charge in [0, 0.05) is 25.8 Å². The average Bonchev–Trinajstić information content (AvgIpc) is 2.84. The number of amides is 2. The molecule has 3 atom stereocenters. The fourth-order valence-corrected chi connectivity index (χ4v) is 3.34. The van der Waals surface area contributed by atoms with Crippen LogP contribution in [0.2, 0.25) is 0 Å². The fourth-order valence-electron chi connectivity index (χ4n) is 3.34. The molecule has 7 nitrogen and oxygen atoms in total. The fraction of sp³-hybridized carbons (Fsp3) is 0.688. The number of hydrogen-bond donors (Lipinski definition) is 1. The molecule has 23 heavy (non-hydrogen) atoms. The van der Waals surface area contributed by atoms with Crippen molar-refractivity contribution in [2.24, 2.45) is 0 Å². The van der Waals surface area contributed by atoms with Crippen molar-refractivity contribution in [1.29, 1.82) is 0 Å². The van der Waals surface area contributed by atoms with Gasteiger partial charge in [-0.2, -0.15) is 0 Å². The van der Waals surface area contributed by atoms with Gasteiger partial charge in [-0.15, -0.1) is 0 Å². The molecule has 3 rings (SSSR count). The van der Waals surface area contributed by atoms with E-state index in [1.807, 2.05) is 31.7 Å². The van der Waals surface area contributed by atoms with Crippen molar-refractivity contribution in [3.05, 3.63) is 23.8 Å². The molecule has 0 aliphatic carbocycles. The van der Waals surface area contributed by atoms with Crippen LogP contribution in [0.5, 0.6) is 0 Å². The van der Waals surface area contributed by atoms with Gasteiger partial charge in [0.2, 0.25) is 0 Å². The summed E-state index contributed by atoms with van der Waals surface area (Å²) in [4.78, 5) is 22.7. The number of carbonyl (C=O) groups excluding carboxylic acids is 1. The molecule has 2 aliphatic heterocycles. The van der Waals surface area contributed by atoms with Crippen molar-refractivity contribution in [2.75, 3.05) is 19.7 Å². The van der Waals surface area contributed by atoms with E-state index in [0.29, 0.717) is 32.1 Å². The largest absolute Gasteiger partial charge is 0.375 e. The monoisotopic (exact) mass is 320 g/mol. The van der Waals surface area contributed by atoms with Crippen molar-refractivity contribution in [1.82, 2.24) is 20.2 Å². The Morgan fingerprint density at radius 3 is 3.04 bits per heavy atom. The van der Waals surface area contributed by atoms with Gasteiger partial charge in [0.05, 0.1) is 31.0 Å². The van der Waals surface area contributed by atoms with Gasteiger partial charge in [0.15, 0.2) is 0 Å². The summed E-state index contributed by atoms with van der Waals surface area (Å²) < 4.78 is 11.8. The lowest BCUT2D eigenvalue weighted by atomic mass is 9.93. The maximum atomic E-state index is 12.5. The lowest BCUT2D eigenvalue weighted by molar-refractivity contribution is -0.159. The van der Waals surface area contributed by atoms with E-state index in [4.69, 9.17) is 9.47 Å². The van der Waals surface area contributed by atoms with Gasteiger partial charge < -0.3 is 19.7 Å². The Morgan fingerprint density at radius 2 is 2.35 bits per heavy atom. The van der Waals surface area contributed by atoms with Crippen molar-refractivity contribution in [3.63, 3.8) is 0 Å². The standard InChI is InChI=1S/C16H24N4O3/c1-11-9-20(10-16(23-11)5-7-22-12(16)2)15(21)18-8-14-4-6-17-13(3)19-14/h4,6,11-12H,5,7-10H2,1-3H3,(H,18,21). The second-order valence-electron chi connectivity index (χ2n) is 6.39. The molecule has 1 N–H and O–H groups in total. The van der Waals surface area contributed by atoms with Crippen LogP contribution >= 0.6 is 0 Å². The number of nitrogens with zero attached hydrogens (tertiary/aromatic N) is 3. The van der Waals surface area contributed by atoms with E-state index in [1.165, 1.54) is 0 Å². The molecule has 3 unspecified atom stereocenters. The molecular weight excluding hydrogens is 296 g/mol.